The molecule has 0 aliphatic carbocycles. The van der Waals surface area contributed by atoms with Crippen LogP contribution in [0.25, 0.3) is 0 Å². The van der Waals surface area contributed by atoms with Crippen LogP contribution in [-0.4, -0.2) is 37.8 Å². The van der Waals surface area contributed by atoms with E-state index in [0.29, 0.717) is 6.10 Å². The van der Waals surface area contributed by atoms with Gasteiger partial charge in [-0.2, -0.15) is 0 Å². The van der Waals surface area contributed by atoms with Crippen LogP contribution in [0.5, 0.6) is 0 Å². The van der Waals surface area contributed by atoms with Gasteiger partial charge in [0.25, 0.3) is 0 Å². The van der Waals surface area contributed by atoms with Crippen LogP contribution in [0.1, 0.15) is 23.9 Å². The summed E-state index contributed by atoms with van der Waals surface area (Å²) in [5, 5.41) is 4.33. The minimum Gasteiger partial charge on any atom is -0.377 e. The van der Waals surface area contributed by atoms with Gasteiger partial charge in [0.1, 0.15) is 0 Å². The van der Waals surface area contributed by atoms with Crippen LogP contribution in [0.3, 0.4) is 0 Å². The van der Waals surface area contributed by atoms with Crippen molar-refractivity contribution in [2.75, 3.05) is 31.6 Å². The van der Waals surface area contributed by atoms with Gasteiger partial charge in [-0.1, -0.05) is 0 Å². The molecule has 1 aliphatic rings. The molecule has 1 fully saturated rings. The fourth-order valence-corrected chi connectivity index (χ4v) is 3.15. The molecule has 2 rings (SSSR count). The highest BCUT2D eigenvalue weighted by Crippen LogP contribution is 2.27. The molecule has 0 spiro atoms. The molecule has 1 atom stereocenters. The molecule has 1 aromatic heterocycles. The fourth-order valence-electron chi connectivity index (χ4n) is 2.04. The predicted molar refractivity (Wildman–Crippen MR) is 71.9 cm³/mol. The first-order valence-corrected chi connectivity index (χ1v) is 7.00. The van der Waals surface area contributed by atoms with Gasteiger partial charge in [-0.05, 0) is 27.3 Å². The minimum atomic E-state index is 0.300. The monoisotopic (exact) mass is 255 g/mol. The molecular weight excluding hydrogens is 234 g/mol. The van der Waals surface area contributed by atoms with Crippen LogP contribution < -0.4 is 10.2 Å². The highest BCUT2D eigenvalue weighted by atomic mass is 32.1. The lowest BCUT2D eigenvalue weighted by atomic mass is 10.3. The summed E-state index contributed by atoms with van der Waals surface area (Å²) in [6.07, 6.45) is 1.39. The predicted octanol–water partition coefficient (Wildman–Crippen LogP) is 1.79. The van der Waals surface area contributed by atoms with Crippen molar-refractivity contribution in [3.8, 4) is 0 Å². The number of rotatable bonds is 3. The lowest BCUT2D eigenvalue weighted by molar-refractivity contribution is 0.0821. The maximum absolute atomic E-state index is 5.66. The summed E-state index contributed by atoms with van der Waals surface area (Å²) in [7, 11) is 1.97. The number of aryl methyl sites for hydroxylation is 1. The molecule has 96 valence electrons. The SMILES string of the molecule is CNCc1sc(N2CCCOC(C)C2)nc1C. The van der Waals surface area contributed by atoms with Gasteiger partial charge in [0.2, 0.25) is 0 Å². The smallest absolute Gasteiger partial charge is 0.185 e. The summed E-state index contributed by atoms with van der Waals surface area (Å²) in [6, 6.07) is 0. The van der Waals surface area contributed by atoms with E-state index in [1.807, 2.05) is 7.05 Å². The molecule has 0 amide bonds. The van der Waals surface area contributed by atoms with Crippen LogP contribution in [0, 0.1) is 6.92 Å². The van der Waals surface area contributed by atoms with Crippen molar-refractivity contribution in [1.29, 1.82) is 0 Å². The van der Waals surface area contributed by atoms with Crippen molar-refractivity contribution >= 4 is 16.5 Å². The van der Waals surface area contributed by atoms with Gasteiger partial charge in [-0.15, -0.1) is 11.3 Å². The van der Waals surface area contributed by atoms with Crippen molar-refractivity contribution in [1.82, 2.24) is 10.3 Å². The normalized spacial score (nSPS) is 21.6. The van der Waals surface area contributed by atoms with Crippen LogP contribution in [-0.2, 0) is 11.3 Å². The Kier molecular flexibility index (Phi) is 4.36. The number of nitrogens with zero attached hydrogens (tertiary/aromatic N) is 2. The Morgan fingerprint density at radius 1 is 1.59 bits per heavy atom. The van der Waals surface area contributed by atoms with E-state index in [4.69, 9.17) is 4.74 Å². The second kappa shape index (κ2) is 5.80. The fraction of sp³-hybridized carbons (Fsp3) is 0.750. The number of anilines is 1. The number of hydrogen-bond donors (Lipinski definition) is 1. The molecule has 1 aliphatic heterocycles. The Balaban J connectivity index is 2.12. The molecule has 0 bridgehead atoms. The summed E-state index contributed by atoms with van der Waals surface area (Å²) in [5.41, 5.74) is 1.15. The highest BCUT2D eigenvalue weighted by molar-refractivity contribution is 7.15. The molecule has 4 nitrogen and oxygen atoms in total. The van der Waals surface area contributed by atoms with Crippen molar-refractivity contribution < 1.29 is 4.74 Å². The lowest BCUT2D eigenvalue weighted by Crippen LogP contribution is -2.29. The summed E-state index contributed by atoms with van der Waals surface area (Å²) < 4.78 is 5.66. The zero-order valence-corrected chi connectivity index (χ0v) is 11.6. The molecule has 0 radical (unpaired) electrons. The van der Waals surface area contributed by atoms with Gasteiger partial charge in [0, 0.05) is 31.1 Å². The number of nitrogens with one attached hydrogen (secondary N) is 1. The van der Waals surface area contributed by atoms with Crippen molar-refractivity contribution in [3.63, 3.8) is 0 Å². The Hall–Kier alpha value is -0.650. The van der Waals surface area contributed by atoms with E-state index in [2.05, 4.69) is 29.0 Å². The van der Waals surface area contributed by atoms with Gasteiger partial charge < -0.3 is 15.0 Å². The Morgan fingerprint density at radius 3 is 3.18 bits per heavy atom. The standard InChI is InChI=1S/C12H21N3OS/c1-9-8-15(5-4-6-16-9)12-14-10(2)11(17-12)7-13-3/h9,13H,4-8H2,1-3H3. The zero-order valence-electron chi connectivity index (χ0n) is 10.8. The second-order valence-corrected chi connectivity index (χ2v) is 5.58. The molecule has 1 saturated heterocycles. The Bertz CT molecular complexity index is 367. The molecule has 17 heavy (non-hydrogen) atoms. The second-order valence-electron chi connectivity index (χ2n) is 4.52. The summed E-state index contributed by atoms with van der Waals surface area (Å²) in [5.74, 6) is 0. The van der Waals surface area contributed by atoms with Crippen molar-refractivity contribution in [2.24, 2.45) is 0 Å². The van der Waals surface area contributed by atoms with Crippen molar-refractivity contribution in [2.45, 2.75) is 32.9 Å². The number of ether oxygens (including phenoxy) is 1. The number of thiazole rings is 1. The summed E-state index contributed by atoms with van der Waals surface area (Å²) in [4.78, 5) is 8.37. The van der Waals surface area contributed by atoms with E-state index in [1.54, 1.807) is 11.3 Å². The molecule has 1 unspecified atom stereocenters. The maximum Gasteiger partial charge on any atom is 0.185 e. The van der Waals surface area contributed by atoms with Gasteiger partial charge in [-0.3, -0.25) is 0 Å². The molecule has 1 aromatic rings. The highest BCUT2D eigenvalue weighted by Gasteiger charge is 2.19. The summed E-state index contributed by atoms with van der Waals surface area (Å²) >= 11 is 1.80. The first kappa shape index (κ1) is 12.8. The quantitative estimate of drug-likeness (QED) is 0.893. The largest absolute Gasteiger partial charge is 0.377 e. The average Bonchev–Trinajstić information content (AvgIpc) is 2.52. The Labute approximate surface area is 107 Å². The maximum atomic E-state index is 5.66. The van der Waals surface area contributed by atoms with E-state index in [0.717, 1.165) is 43.5 Å². The first-order chi connectivity index (χ1) is 8.20. The van der Waals surface area contributed by atoms with Gasteiger partial charge in [0.15, 0.2) is 5.13 Å². The van der Waals surface area contributed by atoms with E-state index in [-0.39, 0.29) is 0 Å². The topological polar surface area (TPSA) is 37.4 Å². The van der Waals surface area contributed by atoms with Crippen LogP contribution in [0.4, 0.5) is 5.13 Å². The van der Waals surface area contributed by atoms with Gasteiger partial charge >= 0.3 is 0 Å². The zero-order chi connectivity index (χ0) is 12.3. The van der Waals surface area contributed by atoms with Gasteiger partial charge in [0.05, 0.1) is 11.8 Å². The van der Waals surface area contributed by atoms with Crippen molar-refractivity contribution in [3.05, 3.63) is 10.6 Å². The molecule has 0 aromatic carbocycles. The molecule has 1 N–H and O–H groups in total. The number of hydrogen-bond acceptors (Lipinski definition) is 5. The third-order valence-corrected chi connectivity index (χ3v) is 4.16. The molecular formula is C12H21N3OS. The van der Waals surface area contributed by atoms with E-state index < -0.39 is 0 Å². The van der Waals surface area contributed by atoms with E-state index in [9.17, 15) is 0 Å². The average molecular weight is 255 g/mol. The summed E-state index contributed by atoms with van der Waals surface area (Å²) in [6.45, 7) is 7.99. The lowest BCUT2D eigenvalue weighted by Gasteiger charge is -2.20. The minimum absolute atomic E-state index is 0.300. The Morgan fingerprint density at radius 2 is 2.41 bits per heavy atom. The molecule has 0 saturated carbocycles. The molecule has 2 heterocycles. The number of aromatic nitrogens is 1. The first-order valence-electron chi connectivity index (χ1n) is 6.18. The third kappa shape index (κ3) is 3.18. The van der Waals surface area contributed by atoms with E-state index >= 15 is 0 Å². The molecule has 5 heteroatoms. The third-order valence-electron chi connectivity index (χ3n) is 2.94. The van der Waals surface area contributed by atoms with E-state index in [1.165, 1.54) is 4.88 Å². The van der Waals surface area contributed by atoms with Crippen LogP contribution >= 0.6 is 11.3 Å². The van der Waals surface area contributed by atoms with Gasteiger partial charge in [-0.25, -0.2) is 4.98 Å². The van der Waals surface area contributed by atoms with Crippen LogP contribution in [0.15, 0.2) is 0 Å². The van der Waals surface area contributed by atoms with Crippen LogP contribution in [0.2, 0.25) is 0 Å².